The zero-order valence-corrected chi connectivity index (χ0v) is 14.8. The average Bonchev–Trinajstić information content (AvgIpc) is 2.64. The molecule has 7 heteroatoms. The molecular formula is C18H20ClN3O3. The maximum Gasteiger partial charge on any atom is 0.274 e. The van der Waals surface area contributed by atoms with Crippen LogP contribution in [-0.4, -0.2) is 39.8 Å². The average molecular weight is 362 g/mol. The fourth-order valence-corrected chi connectivity index (χ4v) is 2.96. The lowest BCUT2D eigenvalue weighted by Gasteiger charge is -2.32. The molecule has 1 aliphatic heterocycles. The molecule has 0 unspecified atom stereocenters. The molecule has 1 aliphatic rings. The van der Waals surface area contributed by atoms with Gasteiger partial charge in [-0.05, 0) is 37.3 Å². The van der Waals surface area contributed by atoms with E-state index in [9.17, 15) is 9.59 Å². The molecule has 2 heterocycles. The Labute approximate surface area is 151 Å². The Balaban J connectivity index is 1.59. The molecule has 1 saturated heterocycles. The minimum atomic E-state index is -0.200. The van der Waals surface area contributed by atoms with Gasteiger partial charge in [-0.15, -0.1) is 0 Å². The molecule has 0 radical (unpaired) electrons. The van der Waals surface area contributed by atoms with Crippen molar-refractivity contribution in [3.63, 3.8) is 0 Å². The number of amides is 1. The summed E-state index contributed by atoms with van der Waals surface area (Å²) < 4.78 is 7.23. The first-order valence-corrected chi connectivity index (χ1v) is 8.74. The van der Waals surface area contributed by atoms with Crippen molar-refractivity contribution in [2.24, 2.45) is 0 Å². The predicted octanol–water partition coefficient (Wildman–Crippen LogP) is 2.60. The number of nitrogens with zero attached hydrogens (tertiary/aromatic N) is 3. The van der Waals surface area contributed by atoms with E-state index in [1.54, 1.807) is 17.0 Å². The van der Waals surface area contributed by atoms with Crippen LogP contribution < -0.4 is 10.3 Å². The third kappa shape index (κ3) is 4.20. The van der Waals surface area contributed by atoms with E-state index in [-0.39, 0.29) is 17.6 Å². The molecule has 0 aliphatic carbocycles. The molecule has 6 nitrogen and oxygen atoms in total. The van der Waals surface area contributed by atoms with Gasteiger partial charge in [-0.1, -0.05) is 11.6 Å². The Bertz CT molecular complexity index is 796. The first-order chi connectivity index (χ1) is 12.1. The molecule has 0 saturated carbocycles. The van der Waals surface area contributed by atoms with E-state index in [4.69, 9.17) is 16.3 Å². The van der Waals surface area contributed by atoms with Crippen molar-refractivity contribution in [2.45, 2.75) is 32.4 Å². The number of benzene rings is 1. The van der Waals surface area contributed by atoms with Crippen LogP contribution in [0, 0.1) is 0 Å². The number of aryl methyl sites for hydroxylation is 1. The highest BCUT2D eigenvalue weighted by atomic mass is 35.5. The number of rotatable bonds is 4. The van der Waals surface area contributed by atoms with Crippen molar-refractivity contribution in [1.82, 2.24) is 14.7 Å². The molecule has 1 aromatic heterocycles. The number of carbonyl (C=O) groups excluding carboxylic acids is 1. The van der Waals surface area contributed by atoms with E-state index in [0.717, 1.165) is 18.6 Å². The second-order valence-electron chi connectivity index (χ2n) is 5.94. The Morgan fingerprint density at radius 3 is 2.52 bits per heavy atom. The van der Waals surface area contributed by atoms with Gasteiger partial charge in [0.05, 0.1) is 0 Å². The van der Waals surface area contributed by atoms with Gasteiger partial charge in [0.1, 0.15) is 17.5 Å². The molecule has 0 bridgehead atoms. The normalized spacial score (nSPS) is 15.2. The summed E-state index contributed by atoms with van der Waals surface area (Å²) in [6, 6.07) is 10.2. The molecule has 25 heavy (non-hydrogen) atoms. The third-order valence-corrected chi connectivity index (χ3v) is 4.48. The van der Waals surface area contributed by atoms with E-state index in [2.05, 4.69) is 5.10 Å². The Kier molecular flexibility index (Phi) is 5.38. The van der Waals surface area contributed by atoms with Gasteiger partial charge < -0.3 is 9.64 Å². The monoisotopic (exact) mass is 361 g/mol. The van der Waals surface area contributed by atoms with Crippen LogP contribution in [0.1, 0.15) is 30.3 Å². The van der Waals surface area contributed by atoms with Crippen LogP contribution >= 0.6 is 11.6 Å². The lowest BCUT2D eigenvalue weighted by Crippen LogP contribution is -2.42. The predicted molar refractivity (Wildman–Crippen MR) is 95.2 cm³/mol. The van der Waals surface area contributed by atoms with Crippen LogP contribution in [0.4, 0.5) is 0 Å². The van der Waals surface area contributed by atoms with E-state index in [1.807, 2.05) is 19.1 Å². The van der Waals surface area contributed by atoms with Crippen molar-refractivity contribution in [2.75, 3.05) is 13.1 Å². The third-order valence-electron chi connectivity index (χ3n) is 4.23. The first kappa shape index (κ1) is 17.5. The summed E-state index contributed by atoms with van der Waals surface area (Å²) in [5.41, 5.74) is 0.104. The smallest absolute Gasteiger partial charge is 0.274 e. The van der Waals surface area contributed by atoms with Crippen LogP contribution in [0.3, 0.4) is 0 Å². The molecule has 2 aromatic rings. The van der Waals surface area contributed by atoms with Gasteiger partial charge in [0.25, 0.3) is 11.5 Å². The van der Waals surface area contributed by atoms with Gasteiger partial charge in [0, 0.05) is 43.6 Å². The summed E-state index contributed by atoms with van der Waals surface area (Å²) in [6.45, 7) is 3.47. The highest BCUT2D eigenvalue weighted by Gasteiger charge is 2.25. The minimum absolute atomic E-state index is 0.0720. The molecule has 1 fully saturated rings. The summed E-state index contributed by atoms with van der Waals surface area (Å²) in [5, 5.41) is 4.80. The number of likely N-dealkylation sites (tertiary alicyclic amines) is 1. The summed E-state index contributed by atoms with van der Waals surface area (Å²) in [6.07, 6.45) is 1.58. The van der Waals surface area contributed by atoms with Crippen molar-refractivity contribution < 1.29 is 9.53 Å². The Hall–Kier alpha value is -2.34. The number of ether oxygens (including phenoxy) is 1. The minimum Gasteiger partial charge on any atom is -0.490 e. The SMILES string of the molecule is CCn1nc(C(=O)N2CCC(Oc3ccc(Cl)cc3)CC2)ccc1=O. The van der Waals surface area contributed by atoms with E-state index in [1.165, 1.54) is 16.8 Å². The number of halogens is 1. The van der Waals surface area contributed by atoms with Crippen molar-refractivity contribution in [1.29, 1.82) is 0 Å². The molecule has 132 valence electrons. The second kappa shape index (κ2) is 7.70. The molecule has 1 aromatic carbocycles. The quantitative estimate of drug-likeness (QED) is 0.839. The van der Waals surface area contributed by atoms with Crippen LogP contribution in [0.2, 0.25) is 5.02 Å². The maximum absolute atomic E-state index is 12.6. The summed E-state index contributed by atoms with van der Waals surface area (Å²) in [4.78, 5) is 25.9. The van der Waals surface area contributed by atoms with Crippen LogP contribution in [-0.2, 0) is 6.54 Å². The summed E-state index contributed by atoms with van der Waals surface area (Å²) in [7, 11) is 0. The van der Waals surface area contributed by atoms with Crippen LogP contribution in [0.25, 0.3) is 0 Å². The van der Waals surface area contributed by atoms with E-state index >= 15 is 0 Å². The van der Waals surface area contributed by atoms with E-state index in [0.29, 0.717) is 30.4 Å². The molecule has 1 amide bonds. The van der Waals surface area contributed by atoms with Crippen LogP contribution in [0.5, 0.6) is 5.75 Å². The van der Waals surface area contributed by atoms with Crippen molar-refractivity contribution >= 4 is 17.5 Å². The lowest BCUT2D eigenvalue weighted by molar-refractivity contribution is 0.0587. The molecule has 0 atom stereocenters. The highest BCUT2D eigenvalue weighted by Crippen LogP contribution is 2.21. The molecule has 3 rings (SSSR count). The molecule has 0 spiro atoms. The summed E-state index contributed by atoms with van der Waals surface area (Å²) >= 11 is 5.87. The number of hydrogen-bond acceptors (Lipinski definition) is 4. The zero-order chi connectivity index (χ0) is 17.8. The van der Waals surface area contributed by atoms with Gasteiger partial charge in [0.2, 0.25) is 0 Å². The van der Waals surface area contributed by atoms with Crippen molar-refractivity contribution in [3.8, 4) is 5.75 Å². The number of aromatic nitrogens is 2. The fraction of sp³-hybridized carbons (Fsp3) is 0.389. The van der Waals surface area contributed by atoms with E-state index < -0.39 is 0 Å². The van der Waals surface area contributed by atoms with Gasteiger partial charge in [-0.2, -0.15) is 5.10 Å². The topological polar surface area (TPSA) is 64.4 Å². The Morgan fingerprint density at radius 2 is 1.88 bits per heavy atom. The van der Waals surface area contributed by atoms with Gasteiger partial charge >= 0.3 is 0 Å². The van der Waals surface area contributed by atoms with Gasteiger partial charge in [0.15, 0.2) is 0 Å². The van der Waals surface area contributed by atoms with Crippen LogP contribution in [0.15, 0.2) is 41.2 Å². The molecule has 0 N–H and O–H groups in total. The zero-order valence-electron chi connectivity index (χ0n) is 14.0. The highest BCUT2D eigenvalue weighted by molar-refractivity contribution is 6.30. The Morgan fingerprint density at radius 1 is 1.20 bits per heavy atom. The second-order valence-corrected chi connectivity index (χ2v) is 6.37. The number of hydrogen-bond donors (Lipinski definition) is 0. The van der Waals surface area contributed by atoms with Gasteiger partial charge in [-0.25, -0.2) is 4.68 Å². The number of piperidine rings is 1. The lowest BCUT2D eigenvalue weighted by atomic mass is 10.1. The first-order valence-electron chi connectivity index (χ1n) is 8.36. The number of carbonyl (C=O) groups is 1. The standard InChI is InChI=1S/C18H20ClN3O3/c1-2-22-17(23)8-7-16(20-22)18(24)21-11-9-15(10-12-21)25-14-5-3-13(19)4-6-14/h3-8,15H,2,9-12H2,1H3. The van der Waals surface area contributed by atoms with Gasteiger partial charge in [-0.3, -0.25) is 9.59 Å². The fourth-order valence-electron chi connectivity index (χ4n) is 2.83. The van der Waals surface area contributed by atoms with Crippen molar-refractivity contribution in [3.05, 3.63) is 57.5 Å². The summed E-state index contributed by atoms with van der Waals surface area (Å²) in [5.74, 6) is 0.637. The molecular weight excluding hydrogens is 342 g/mol. The maximum atomic E-state index is 12.6. The largest absolute Gasteiger partial charge is 0.490 e.